The molecule has 0 aromatic heterocycles. The lowest BCUT2D eigenvalue weighted by Gasteiger charge is -2.14. The molecule has 0 radical (unpaired) electrons. The van der Waals surface area contributed by atoms with Gasteiger partial charge in [0.2, 0.25) is 0 Å². The molecule has 2 nitrogen and oxygen atoms in total. The molecule has 1 N–H and O–H groups in total. The molecule has 2 aromatic rings. The smallest absolute Gasteiger partial charge is 0.132 e. The molecule has 0 spiro atoms. The Hall–Kier alpha value is -1.39. The van der Waals surface area contributed by atoms with Crippen LogP contribution < -0.4 is 10.1 Å². The van der Waals surface area contributed by atoms with Crippen LogP contribution in [0, 0.1) is 5.82 Å². The average Bonchev–Trinajstić information content (AvgIpc) is 2.39. The van der Waals surface area contributed by atoms with Crippen molar-refractivity contribution in [3.8, 4) is 11.5 Å². The topological polar surface area (TPSA) is 21.3 Å². The van der Waals surface area contributed by atoms with Gasteiger partial charge in [0.1, 0.15) is 17.3 Å². The molecular formula is C16H17BrFNO. The van der Waals surface area contributed by atoms with E-state index in [1.807, 2.05) is 38.1 Å². The van der Waals surface area contributed by atoms with E-state index < -0.39 is 0 Å². The summed E-state index contributed by atoms with van der Waals surface area (Å²) < 4.78 is 20.2. The van der Waals surface area contributed by atoms with Gasteiger partial charge in [0.05, 0.1) is 0 Å². The highest BCUT2D eigenvalue weighted by molar-refractivity contribution is 9.10. The lowest BCUT2D eigenvalue weighted by molar-refractivity contribution is 0.466. The molecule has 20 heavy (non-hydrogen) atoms. The Morgan fingerprint density at radius 2 is 2.00 bits per heavy atom. The van der Waals surface area contributed by atoms with Gasteiger partial charge in [0.25, 0.3) is 0 Å². The summed E-state index contributed by atoms with van der Waals surface area (Å²) in [6, 6.07) is 12.5. The highest BCUT2D eigenvalue weighted by Crippen LogP contribution is 2.28. The predicted octanol–water partition coefficient (Wildman–Crippen LogP) is 4.88. The van der Waals surface area contributed by atoms with Gasteiger partial charge in [-0.1, -0.05) is 35.8 Å². The third-order valence-electron chi connectivity index (χ3n) is 2.75. The Balaban J connectivity index is 2.21. The lowest BCUT2D eigenvalue weighted by Crippen LogP contribution is -2.22. The molecule has 0 amide bonds. The van der Waals surface area contributed by atoms with E-state index in [-0.39, 0.29) is 5.82 Å². The summed E-state index contributed by atoms with van der Waals surface area (Å²) in [4.78, 5) is 0. The first-order valence-corrected chi connectivity index (χ1v) is 7.29. The van der Waals surface area contributed by atoms with Gasteiger partial charge in [-0.3, -0.25) is 0 Å². The van der Waals surface area contributed by atoms with Gasteiger partial charge < -0.3 is 10.1 Å². The van der Waals surface area contributed by atoms with Crippen LogP contribution in [0.2, 0.25) is 0 Å². The second-order valence-electron chi connectivity index (χ2n) is 4.85. The van der Waals surface area contributed by atoms with Crippen molar-refractivity contribution in [3.05, 3.63) is 58.3 Å². The molecule has 0 heterocycles. The molecular weight excluding hydrogens is 321 g/mol. The summed E-state index contributed by atoms with van der Waals surface area (Å²) in [6.07, 6.45) is 0. The zero-order valence-corrected chi connectivity index (χ0v) is 13.1. The first kappa shape index (κ1) is 15.0. The number of nitrogens with one attached hydrogen (secondary N) is 1. The van der Waals surface area contributed by atoms with Crippen molar-refractivity contribution in [2.24, 2.45) is 0 Å². The first-order valence-electron chi connectivity index (χ1n) is 6.50. The van der Waals surface area contributed by atoms with Crippen molar-refractivity contribution in [2.45, 2.75) is 26.4 Å². The van der Waals surface area contributed by atoms with Crippen LogP contribution in [0.1, 0.15) is 19.4 Å². The standard InChI is InChI=1S/C16H17BrFNO/c1-11(2)19-10-12-8-14(18)6-7-16(12)20-15-5-3-4-13(17)9-15/h3-9,11,19H,10H2,1-2H3. The van der Waals surface area contributed by atoms with Crippen molar-refractivity contribution >= 4 is 15.9 Å². The third-order valence-corrected chi connectivity index (χ3v) is 3.24. The molecule has 0 atom stereocenters. The van der Waals surface area contributed by atoms with Crippen LogP contribution in [-0.2, 0) is 6.54 Å². The minimum atomic E-state index is -0.257. The molecule has 2 aromatic carbocycles. The van der Waals surface area contributed by atoms with Crippen LogP contribution in [0.4, 0.5) is 4.39 Å². The summed E-state index contributed by atoms with van der Waals surface area (Å²) in [5, 5.41) is 3.27. The van der Waals surface area contributed by atoms with E-state index in [1.54, 1.807) is 6.07 Å². The molecule has 0 bridgehead atoms. The lowest BCUT2D eigenvalue weighted by atomic mass is 10.2. The van der Waals surface area contributed by atoms with Gasteiger partial charge in [-0.15, -0.1) is 0 Å². The van der Waals surface area contributed by atoms with Gasteiger partial charge >= 0.3 is 0 Å². The Kier molecular flexibility index (Phi) is 5.15. The molecule has 0 unspecified atom stereocenters. The molecule has 0 aliphatic rings. The van der Waals surface area contributed by atoms with Gasteiger partial charge in [0.15, 0.2) is 0 Å². The Labute approximate surface area is 127 Å². The van der Waals surface area contributed by atoms with Crippen LogP contribution in [0.5, 0.6) is 11.5 Å². The zero-order valence-electron chi connectivity index (χ0n) is 11.5. The molecule has 0 aliphatic heterocycles. The number of ether oxygens (including phenoxy) is 1. The predicted molar refractivity (Wildman–Crippen MR) is 82.6 cm³/mol. The van der Waals surface area contributed by atoms with Crippen molar-refractivity contribution in [1.82, 2.24) is 5.32 Å². The van der Waals surface area contributed by atoms with Crippen molar-refractivity contribution < 1.29 is 9.13 Å². The maximum Gasteiger partial charge on any atom is 0.132 e. The van der Waals surface area contributed by atoms with E-state index in [1.165, 1.54) is 12.1 Å². The minimum absolute atomic E-state index is 0.257. The van der Waals surface area contributed by atoms with E-state index in [9.17, 15) is 4.39 Å². The molecule has 106 valence electrons. The zero-order chi connectivity index (χ0) is 14.5. The average molecular weight is 338 g/mol. The SMILES string of the molecule is CC(C)NCc1cc(F)ccc1Oc1cccc(Br)c1. The van der Waals surface area contributed by atoms with Gasteiger partial charge in [-0.05, 0) is 36.4 Å². The van der Waals surface area contributed by atoms with Crippen molar-refractivity contribution in [3.63, 3.8) is 0 Å². The molecule has 0 saturated carbocycles. The maximum absolute atomic E-state index is 13.4. The largest absolute Gasteiger partial charge is 0.457 e. The molecule has 4 heteroatoms. The number of benzene rings is 2. The minimum Gasteiger partial charge on any atom is -0.457 e. The van der Waals surface area contributed by atoms with Crippen LogP contribution in [0.15, 0.2) is 46.9 Å². The number of rotatable bonds is 5. The maximum atomic E-state index is 13.4. The molecule has 0 saturated heterocycles. The van der Waals surface area contributed by atoms with Gasteiger partial charge in [0, 0.05) is 22.6 Å². The Morgan fingerprint density at radius 3 is 2.70 bits per heavy atom. The number of halogens is 2. The van der Waals surface area contributed by atoms with Gasteiger partial charge in [-0.2, -0.15) is 0 Å². The fraction of sp³-hybridized carbons (Fsp3) is 0.250. The van der Waals surface area contributed by atoms with E-state index in [4.69, 9.17) is 4.74 Å². The number of hydrogen-bond donors (Lipinski definition) is 1. The summed E-state index contributed by atoms with van der Waals surface area (Å²) in [7, 11) is 0. The van der Waals surface area contributed by atoms with Crippen LogP contribution in [0.25, 0.3) is 0 Å². The molecule has 2 rings (SSSR count). The van der Waals surface area contributed by atoms with E-state index in [0.717, 1.165) is 15.8 Å². The second kappa shape index (κ2) is 6.86. The van der Waals surface area contributed by atoms with E-state index in [2.05, 4.69) is 21.2 Å². The Bertz CT molecular complexity index is 586. The second-order valence-corrected chi connectivity index (χ2v) is 5.76. The Morgan fingerprint density at radius 1 is 1.20 bits per heavy atom. The van der Waals surface area contributed by atoms with Crippen LogP contribution >= 0.6 is 15.9 Å². The highest BCUT2D eigenvalue weighted by Gasteiger charge is 2.07. The number of hydrogen-bond acceptors (Lipinski definition) is 2. The van der Waals surface area contributed by atoms with Crippen LogP contribution in [-0.4, -0.2) is 6.04 Å². The summed E-state index contributed by atoms with van der Waals surface area (Å²) >= 11 is 3.40. The summed E-state index contributed by atoms with van der Waals surface area (Å²) in [5.74, 6) is 1.13. The summed E-state index contributed by atoms with van der Waals surface area (Å²) in [6.45, 7) is 4.67. The fourth-order valence-electron chi connectivity index (χ4n) is 1.76. The van der Waals surface area contributed by atoms with Gasteiger partial charge in [-0.25, -0.2) is 4.39 Å². The van der Waals surface area contributed by atoms with E-state index in [0.29, 0.717) is 18.3 Å². The van der Waals surface area contributed by atoms with E-state index >= 15 is 0 Å². The normalized spacial score (nSPS) is 10.8. The molecule has 0 aliphatic carbocycles. The summed E-state index contributed by atoms with van der Waals surface area (Å²) in [5.41, 5.74) is 0.804. The highest BCUT2D eigenvalue weighted by atomic mass is 79.9. The van der Waals surface area contributed by atoms with Crippen LogP contribution in [0.3, 0.4) is 0 Å². The van der Waals surface area contributed by atoms with Crippen molar-refractivity contribution in [1.29, 1.82) is 0 Å². The molecule has 0 fully saturated rings. The van der Waals surface area contributed by atoms with Crippen molar-refractivity contribution in [2.75, 3.05) is 0 Å². The third kappa shape index (κ3) is 4.32. The fourth-order valence-corrected chi connectivity index (χ4v) is 2.14. The monoisotopic (exact) mass is 337 g/mol. The quantitative estimate of drug-likeness (QED) is 0.839. The first-order chi connectivity index (χ1) is 9.54.